The van der Waals surface area contributed by atoms with Gasteiger partial charge in [0.05, 0.1) is 0 Å². The second-order valence-corrected chi connectivity index (χ2v) is 4.10. The topological polar surface area (TPSA) is 79.3 Å². The third-order valence-electron chi connectivity index (χ3n) is 2.76. The molecule has 6 heteroatoms. The maximum Gasteiger partial charge on any atom is 0.354 e. The first-order valence-electron chi connectivity index (χ1n) is 5.75. The number of benzene rings is 1. The Balaban J connectivity index is 2.26. The van der Waals surface area contributed by atoms with Crippen LogP contribution in [0.4, 0.5) is 10.1 Å². The molecule has 2 aromatic rings. The molecule has 1 heterocycles. The third-order valence-corrected chi connectivity index (χ3v) is 2.76. The van der Waals surface area contributed by atoms with E-state index in [0.717, 1.165) is 6.07 Å². The standard InChI is InChI=1S/C14H11FN2O3/c1-8-10(15)3-2-4-11(8)17-13(18)9-5-6-16-12(7-9)14(19)20/h2-7H,1H3,(H,17,18)(H,19,20). The summed E-state index contributed by atoms with van der Waals surface area (Å²) in [6.07, 6.45) is 1.23. The minimum Gasteiger partial charge on any atom is -0.477 e. The molecule has 1 amide bonds. The van der Waals surface area contributed by atoms with Crippen LogP contribution in [-0.4, -0.2) is 22.0 Å². The highest BCUT2D eigenvalue weighted by molar-refractivity contribution is 6.05. The zero-order valence-electron chi connectivity index (χ0n) is 10.6. The van der Waals surface area contributed by atoms with Gasteiger partial charge in [-0.15, -0.1) is 0 Å². The maximum atomic E-state index is 13.4. The molecule has 0 fully saturated rings. The zero-order chi connectivity index (χ0) is 14.7. The summed E-state index contributed by atoms with van der Waals surface area (Å²) in [5.41, 5.74) is 0.562. The van der Waals surface area contributed by atoms with Crippen molar-refractivity contribution in [3.63, 3.8) is 0 Å². The van der Waals surface area contributed by atoms with E-state index in [9.17, 15) is 14.0 Å². The molecule has 2 rings (SSSR count). The first kappa shape index (κ1) is 13.7. The molecule has 1 aromatic heterocycles. The van der Waals surface area contributed by atoms with Gasteiger partial charge in [0, 0.05) is 23.0 Å². The molecule has 0 spiro atoms. The molecule has 0 bridgehead atoms. The molecule has 102 valence electrons. The smallest absolute Gasteiger partial charge is 0.354 e. The van der Waals surface area contributed by atoms with Crippen LogP contribution in [0, 0.1) is 12.7 Å². The minimum atomic E-state index is -1.22. The van der Waals surface area contributed by atoms with Crippen molar-refractivity contribution in [2.45, 2.75) is 6.92 Å². The number of carbonyl (C=O) groups excluding carboxylic acids is 1. The number of nitrogens with zero attached hydrogens (tertiary/aromatic N) is 1. The summed E-state index contributed by atoms with van der Waals surface area (Å²) in [5, 5.41) is 11.4. The van der Waals surface area contributed by atoms with E-state index in [-0.39, 0.29) is 11.3 Å². The Morgan fingerprint density at radius 2 is 2.05 bits per heavy atom. The van der Waals surface area contributed by atoms with Crippen molar-refractivity contribution in [2.24, 2.45) is 0 Å². The van der Waals surface area contributed by atoms with Gasteiger partial charge in [0.25, 0.3) is 5.91 Å². The van der Waals surface area contributed by atoms with Gasteiger partial charge in [-0.1, -0.05) is 6.07 Å². The van der Waals surface area contributed by atoms with Crippen LogP contribution in [0.2, 0.25) is 0 Å². The molecule has 5 nitrogen and oxygen atoms in total. The Bertz CT molecular complexity index is 686. The van der Waals surface area contributed by atoms with Crippen molar-refractivity contribution in [1.29, 1.82) is 0 Å². The molecule has 0 aliphatic rings. The third kappa shape index (κ3) is 2.80. The lowest BCUT2D eigenvalue weighted by Gasteiger charge is -2.09. The van der Waals surface area contributed by atoms with Gasteiger partial charge in [0.2, 0.25) is 0 Å². The van der Waals surface area contributed by atoms with Crippen LogP contribution in [0.15, 0.2) is 36.5 Å². The van der Waals surface area contributed by atoms with Gasteiger partial charge in [0.15, 0.2) is 0 Å². The summed E-state index contributed by atoms with van der Waals surface area (Å²) in [6.45, 7) is 1.54. The van der Waals surface area contributed by atoms with E-state index in [1.165, 1.54) is 24.4 Å². The second kappa shape index (κ2) is 5.48. The molecular weight excluding hydrogens is 263 g/mol. The Hall–Kier alpha value is -2.76. The lowest BCUT2D eigenvalue weighted by Crippen LogP contribution is -2.14. The first-order valence-corrected chi connectivity index (χ1v) is 5.75. The predicted octanol–water partition coefficient (Wildman–Crippen LogP) is 2.48. The van der Waals surface area contributed by atoms with Crippen molar-refractivity contribution in [3.05, 3.63) is 59.2 Å². The van der Waals surface area contributed by atoms with Crippen LogP contribution in [0.25, 0.3) is 0 Å². The van der Waals surface area contributed by atoms with Crippen LogP contribution in [0.1, 0.15) is 26.4 Å². The minimum absolute atomic E-state index is 0.140. The van der Waals surface area contributed by atoms with Gasteiger partial charge in [-0.05, 0) is 31.2 Å². The monoisotopic (exact) mass is 274 g/mol. The predicted molar refractivity (Wildman–Crippen MR) is 70.3 cm³/mol. The number of hydrogen-bond acceptors (Lipinski definition) is 3. The first-order chi connectivity index (χ1) is 9.49. The summed E-state index contributed by atoms with van der Waals surface area (Å²) in [4.78, 5) is 26.4. The average Bonchev–Trinajstić information content (AvgIpc) is 2.44. The van der Waals surface area contributed by atoms with Gasteiger partial charge < -0.3 is 10.4 Å². The van der Waals surface area contributed by atoms with E-state index in [2.05, 4.69) is 10.3 Å². The summed E-state index contributed by atoms with van der Waals surface area (Å²) < 4.78 is 13.4. The number of carboxylic acids is 1. The van der Waals surface area contributed by atoms with E-state index < -0.39 is 17.7 Å². The highest BCUT2D eigenvalue weighted by Crippen LogP contribution is 2.18. The number of anilines is 1. The molecule has 20 heavy (non-hydrogen) atoms. The zero-order valence-corrected chi connectivity index (χ0v) is 10.6. The van der Waals surface area contributed by atoms with Gasteiger partial charge in [0.1, 0.15) is 11.5 Å². The number of carbonyl (C=O) groups is 2. The van der Waals surface area contributed by atoms with Gasteiger partial charge in [-0.2, -0.15) is 0 Å². The molecule has 0 unspecified atom stereocenters. The van der Waals surface area contributed by atoms with Gasteiger partial charge in [-0.3, -0.25) is 4.79 Å². The molecule has 0 atom stereocenters. The molecule has 2 N–H and O–H groups in total. The molecule has 0 saturated heterocycles. The highest BCUT2D eigenvalue weighted by Gasteiger charge is 2.12. The number of carboxylic acid groups (broad SMARTS) is 1. The van der Waals surface area contributed by atoms with Crippen LogP contribution in [0.3, 0.4) is 0 Å². The molecular formula is C14H11FN2O3. The van der Waals surface area contributed by atoms with Crippen molar-refractivity contribution in [2.75, 3.05) is 5.32 Å². The van der Waals surface area contributed by atoms with E-state index in [1.807, 2.05) is 0 Å². The van der Waals surface area contributed by atoms with Crippen molar-refractivity contribution in [1.82, 2.24) is 4.98 Å². The number of halogens is 1. The van der Waals surface area contributed by atoms with Gasteiger partial charge in [-0.25, -0.2) is 14.2 Å². The Labute approximate surface area is 114 Å². The van der Waals surface area contributed by atoms with E-state index in [4.69, 9.17) is 5.11 Å². The largest absolute Gasteiger partial charge is 0.477 e. The number of nitrogens with one attached hydrogen (secondary N) is 1. The fourth-order valence-corrected chi connectivity index (χ4v) is 1.63. The molecule has 0 saturated carbocycles. The summed E-state index contributed by atoms with van der Waals surface area (Å²) in [7, 11) is 0. The number of hydrogen-bond donors (Lipinski definition) is 2. The van der Waals surface area contributed by atoms with Crippen molar-refractivity contribution in [3.8, 4) is 0 Å². The quantitative estimate of drug-likeness (QED) is 0.901. The fraction of sp³-hybridized carbons (Fsp3) is 0.0714. The molecule has 0 aliphatic carbocycles. The summed E-state index contributed by atoms with van der Waals surface area (Å²) in [6, 6.07) is 6.88. The number of pyridine rings is 1. The Morgan fingerprint density at radius 1 is 1.30 bits per heavy atom. The molecule has 0 radical (unpaired) electrons. The van der Waals surface area contributed by atoms with Crippen molar-refractivity contribution >= 4 is 17.6 Å². The van der Waals surface area contributed by atoms with Crippen LogP contribution < -0.4 is 5.32 Å². The fourth-order valence-electron chi connectivity index (χ4n) is 1.63. The number of rotatable bonds is 3. The normalized spacial score (nSPS) is 10.1. The van der Waals surface area contributed by atoms with E-state index in [1.54, 1.807) is 13.0 Å². The number of amides is 1. The van der Waals surface area contributed by atoms with E-state index in [0.29, 0.717) is 11.3 Å². The van der Waals surface area contributed by atoms with Crippen molar-refractivity contribution < 1.29 is 19.1 Å². The maximum absolute atomic E-state index is 13.4. The Morgan fingerprint density at radius 3 is 2.75 bits per heavy atom. The summed E-state index contributed by atoms with van der Waals surface area (Å²) in [5.74, 6) is -2.17. The van der Waals surface area contributed by atoms with Gasteiger partial charge >= 0.3 is 5.97 Å². The number of aromatic carboxylic acids is 1. The average molecular weight is 274 g/mol. The lowest BCUT2D eigenvalue weighted by atomic mass is 10.1. The SMILES string of the molecule is Cc1c(F)cccc1NC(=O)c1ccnc(C(=O)O)c1. The van der Waals surface area contributed by atoms with Crippen LogP contribution in [-0.2, 0) is 0 Å². The summed E-state index contributed by atoms with van der Waals surface area (Å²) >= 11 is 0. The molecule has 0 aliphatic heterocycles. The second-order valence-electron chi connectivity index (χ2n) is 4.10. The number of aromatic nitrogens is 1. The van der Waals surface area contributed by atoms with Crippen LogP contribution in [0.5, 0.6) is 0 Å². The molecule has 1 aromatic carbocycles. The van der Waals surface area contributed by atoms with E-state index >= 15 is 0 Å². The van der Waals surface area contributed by atoms with Crippen LogP contribution >= 0.6 is 0 Å². The highest BCUT2D eigenvalue weighted by atomic mass is 19.1. The lowest BCUT2D eigenvalue weighted by molar-refractivity contribution is 0.0690. The Kier molecular flexibility index (Phi) is 3.74.